The van der Waals surface area contributed by atoms with Gasteiger partial charge in [0.2, 0.25) is 10.0 Å². The van der Waals surface area contributed by atoms with Gasteiger partial charge >= 0.3 is 0 Å². The average molecular weight is 386 g/mol. The summed E-state index contributed by atoms with van der Waals surface area (Å²) >= 11 is 0. The van der Waals surface area contributed by atoms with E-state index in [0.29, 0.717) is 24.3 Å². The van der Waals surface area contributed by atoms with Crippen molar-refractivity contribution in [2.45, 2.75) is 32.1 Å². The molecule has 0 aliphatic heterocycles. The largest absolute Gasteiger partial charge is 0.451 e. The molecule has 0 unspecified atom stereocenters. The Labute approximate surface area is 158 Å². The van der Waals surface area contributed by atoms with Gasteiger partial charge in [-0.15, -0.1) is 0 Å². The summed E-state index contributed by atoms with van der Waals surface area (Å²) in [5.41, 5.74) is 4.62. The lowest BCUT2D eigenvalue weighted by Gasteiger charge is -2.05. The Kier molecular flexibility index (Phi) is 5.08. The highest BCUT2D eigenvalue weighted by atomic mass is 32.2. The zero-order valence-corrected chi connectivity index (χ0v) is 16.3. The van der Waals surface area contributed by atoms with Gasteiger partial charge < -0.3 is 9.73 Å². The highest BCUT2D eigenvalue weighted by Crippen LogP contribution is 2.29. The minimum absolute atomic E-state index is 0.0684. The van der Waals surface area contributed by atoms with Crippen LogP contribution in [-0.2, 0) is 16.4 Å². The number of furan rings is 1. The molecule has 1 aromatic heterocycles. The molecule has 0 fully saturated rings. The van der Waals surface area contributed by atoms with Gasteiger partial charge in [-0.25, -0.2) is 13.6 Å². The predicted molar refractivity (Wildman–Crippen MR) is 104 cm³/mol. The number of fused-ring (bicyclic) bond motifs is 1. The van der Waals surface area contributed by atoms with Gasteiger partial charge in [0.1, 0.15) is 5.58 Å². The van der Waals surface area contributed by atoms with Crippen LogP contribution in [0.3, 0.4) is 0 Å². The van der Waals surface area contributed by atoms with Gasteiger partial charge in [0.15, 0.2) is 5.76 Å². The smallest absolute Gasteiger partial charge is 0.287 e. The van der Waals surface area contributed by atoms with E-state index in [1.165, 1.54) is 12.1 Å². The molecule has 0 saturated heterocycles. The van der Waals surface area contributed by atoms with Gasteiger partial charge in [-0.3, -0.25) is 4.79 Å². The molecule has 0 aliphatic carbocycles. The van der Waals surface area contributed by atoms with Crippen LogP contribution in [0.4, 0.5) is 0 Å². The molecule has 3 N–H and O–H groups in total. The SMILES string of the molecule is Cc1cc(C)c2c(C)c(C(=O)NCCc3ccc(S(N)(=O)=O)cc3)oc2c1. The molecule has 2 aromatic carbocycles. The second-order valence-electron chi connectivity index (χ2n) is 6.71. The van der Waals surface area contributed by atoms with Gasteiger partial charge in [-0.2, -0.15) is 0 Å². The lowest BCUT2D eigenvalue weighted by Crippen LogP contribution is -2.25. The van der Waals surface area contributed by atoms with Gasteiger partial charge in [0.05, 0.1) is 4.90 Å². The van der Waals surface area contributed by atoms with E-state index in [1.807, 2.05) is 26.8 Å². The zero-order chi connectivity index (χ0) is 19.8. The first-order chi connectivity index (χ1) is 12.7. The summed E-state index contributed by atoms with van der Waals surface area (Å²) in [6, 6.07) is 10.3. The number of benzene rings is 2. The van der Waals surface area contributed by atoms with Gasteiger partial charge in [0.25, 0.3) is 5.91 Å². The number of nitrogens with two attached hydrogens (primary N) is 1. The minimum atomic E-state index is -3.70. The molecule has 0 bridgehead atoms. The third-order valence-electron chi connectivity index (χ3n) is 4.53. The van der Waals surface area contributed by atoms with Gasteiger partial charge in [-0.05, 0) is 62.1 Å². The number of sulfonamides is 1. The Hall–Kier alpha value is -2.64. The topological polar surface area (TPSA) is 102 Å². The van der Waals surface area contributed by atoms with Crippen LogP contribution in [0.2, 0.25) is 0 Å². The van der Waals surface area contributed by atoms with E-state index < -0.39 is 10.0 Å². The fraction of sp³-hybridized carbons (Fsp3) is 0.250. The van der Waals surface area contributed by atoms with E-state index in [2.05, 4.69) is 11.4 Å². The number of rotatable bonds is 5. The Bertz CT molecular complexity index is 1110. The molecule has 1 amide bonds. The van der Waals surface area contributed by atoms with Crippen LogP contribution >= 0.6 is 0 Å². The van der Waals surface area contributed by atoms with Crippen LogP contribution in [0, 0.1) is 20.8 Å². The summed E-state index contributed by atoms with van der Waals surface area (Å²) in [5, 5.41) is 8.91. The van der Waals surface area contributed by atoms with Crippen molar-refractivity contribution in [1.29, 1.82) is 0 Å². The standard InChI is InChI=1S/C20H22N2O4S/c1-12-10-13(2)18-14(3)19(26-17(18)11-12)20(23)22-9-8-15-4-6-16(7-5-15)27(21,24)25/h4-7,10-11H,8-9H2,1-3H3,(H,22,23)(H2,21,24,25). The molecule has 0 radical (unpaired) electrons. The lowest BCUT2D eigenvalue weighted by molar-refractivity contribution is 0.0927. The molecule has 142 valence electrons. The van der Waals surface area contributed by atoms with Crippen molar-refractivity contribution in [3.05, 3.63) is 64.4 Å². The summed E-state index contributed by atoms with van der Waals surface area (Å²) in [4.78, 5) is 12.6. The molecule has 0 spiro atoms. The molecule has 3 rings (SSSR count). The summed E-state index contributed by atoms with van der Waals surface area (Å²) < 4.78 is 28.3. The lowest BCUT2D eigenvalue weighted by atomic mass is 10.0. The van der Waals surface area contributed by atoms with E-state index in [0.717, 1.165) is 27.6 Å². The first-order valence-electron chi connectivity index (χ1n) is 8.57. The van der Waals surface area contributed by atoms with Crippen molar-refractivity contribution >= 4 is 26.9 Å². The molecule has 6 nitrogen and oxygen atoms in total. The number of primary sulfonamides is 1. The van der Waals surface area contributed by atoms with Crippen molar-refractivity contribution in [2.75, 3.05) is 6.54 Å². The Morgan fingerprint density at radius 3 is 2.41 bits per heavy atom. The molecule has 0 saturated carbocycles. The molecule has 7 heteroatoms. The van der Waals surface area contributed by atoms with E-state index >= 15 is 0 Å². The van der Waals surface area contributed by atoms with Crippen molar-refractivity contribution in [1.82, 2.24) is 5.32 Å². The third-order valence-corrected chi connectivity index (χ3v) is 5.46. The van der Waals surface area contributed by atoms with Crippen molar-refractivity contribution in [2.24, 2.45) is 5.14 Å². The number of hydrogen-bond acceptors (Lipinski definition) is 4. The second-order valence-corrected chi connectivity index (χ2v) is 8.27. The fourth-order valence-electron chi connectivity index (χ4n) is 3.25. The van der Waals surface area contributed by atoms with Crippen LogP contribution in [0.15, 0.2) is 45.7 Å². The number of nitrogens with one attached hydrogen (secondary N) is 1. The molecule has 27 heavy (non-hydrogen) atoms. The van der Waals surface area contributed by atoms with Crippen molar-refractivity contribution in [3.63, 3.8) is 0 Å². The maximum absolute atomic E-state index is 12.5. The second kappa shape index (κ2) is 7.17. The monoisotopic (exact) mass is 386 g/mol. The first kappa shape index (κ1) is 19.1. The van der Waals surface area contributed by atoms with E-state index in [9.17, 15) is 13.2 Å². The Morgan fingerprint density at radius 1 is 1.11 bits per heavy atom. The third kappa shape index (κ3) is 4.04. The molecule has 3 aromatic rings. The Morgan fingerprint density at radius 2 is 1.78 bits per heavy atom. The molecule has 1 heterocycles. The maximum Gasteiger partial charge on any atom is 0.287 e. The summed E-state index contributed by atoms with van der Waals surface area (Å²) in [7, 11) is -3.70. The van der Waals surface area contributed by atoms with Crippen LogP contribution in [-0.4, -0.2) is 20.9 Å². The molecular formula is C20H22N2O4S. The molecule has 0 aliphatic rings. The van der Waals surface area contributed by atoms with Crippen LogP contribution in [0.5, 0.6) is 0 Å². The number of carbonyl (C=O) groups excluding carboxylic acids is 1. The number of amides is 1. The highest BCUT2D eigenvalue weighted by Gasteiger charge is 2.18. The Balaban J connectivity index is 1.69. The number of hydrogen-bond donors (Lipinski definition) is 2. The minimum Gasteiger partial charge on any atom is -0.451 e. The summed E-state index contributed by atoms with van der Waals surface area (Å²) in [5.74, 6) is 0.0604. The van der Waals surface area contributed by atoms with Crippen LogP contribution in [0.25, 0.3) is 11.0 Å². The maximum atomic E-state index is 12.5. The fourth-order valence-corrected chi connectivity index (χ4v) is 3.77. The van der Waals surface area contributed by atoms with Crippen molar-refractivity contribution in [3.8, 4) is 0 Å². The van der Waals surface area contributed by atoms with Crippen LogP contribution < -0.4 is 10.5 Å². The zero-order valence-electron chi connectivity index (χ0n) is 15.5. The highest BCUT2D eigenvalue weighted by molar-refractivity contribution is 7.89. The average Bonchev–Trinajstić information content (AvgIpc) is 2.91. The quantitative estimate of drug-likeness (QED) is 0.704. The number of carbonyl (C=O) groups is 1. The van der Waals surface area contributed by atoms with Gasteiger partial charge in [0, 0.05) is 17.5 Å². The van der Waals surface area contributed by atoms with Crippen molar-refractivity contribution < 1.29 is 17.6 Å². The first-order valence-corrected chi connectivity index (χ1v) is 10.1. The van der Waals surface area contributed by atoms with Crippen LogP contribution in [0.1, 0.15) is 32.8 Å². The van der Waals surface area contributed by atoms with E-state index in [-0.39, 0.29) is 10.8 Å². The van der Waals surface area contributed by atoms with E-state index in [1.54, 1.807) is 12.1 Å². The predicted octanol–water partition coefficient (Wildman–Crippen LogP) is 2.98. The molecular weight excluding hydrogens is 364 g/mol. The van der Waals surface area contributed by atoms with E-state index in [4.69, 9.17) is 9.56 Å². The summed E-state index contributed by atoms with van der Waals surface area (Å²) in [6.45, 7) is 6.28. The van der Waals surface area contributed by atoms with Gasteiger partial charge in [-0.1, -0.05) is 18.2 Å². The number of aryl methyl sites for hydroxylation is 3. The summed E-state index contributed by atoms with van der Waals surface area (Å²) in [6.07, 6.45) is 0.564. The molecule has 0 atom stereocenters. The normalized spacial score (nSPS) is 11.7.